The van der Waals surface area contributed by atoms with Crippen LogP contribution in [0, 0.1) is 5.92 Å². The molecule has 0 aliphatic heterocycles. The second-order valence-corrected chi connectivity index (χ2v) is 4.88. The molecule has 0 rings (SSSR count). The molecule has 0 radical (unpaired) electrons. The van der Waals surface area contributed by atoms with Crippen LogP contribution in [0.25, 0.3) is 0 Å². The van der Waals surface area contributed by atoms with E-state index >= 15 is 0 Å². The predicted octanol–water partition coefficient (Wildman–Crippen LogP) is 2.69. The fourth-order valence-electron chi connectivity index (χ4n) is 1.43. The molecule has 1 unspecified atom stereocenters. The van der Waals surface area contributed by atoms with Crippen LogP contribution >= 0.6 is 0 Å². The van der Waals surface area contributed by atoms with E-state index in [1.54, 1.807) is 0 Å². The topological polar surface area (TPSA) is 24.1 Å². The molecule has 0 aliphatic carbocycles. The lowest BCUT2D eigenvalue weighted by molar-refractivity contribution is 0.399. The van der Waals surface area contributed by atoms with Crippen molar-refractivity contribution in [2.75, 3.05) is 6.54 Å². The van der Waals surface area contributed by atoms with Crippen molar-refractivity contribution in [2.24, 2.45) is 5.92 Å². The van der Waals surface area contributed by atoms with Gasteiger partial charge in [-0.1, -0.05) is 46.4 Å². The van der Waals surface area contributed by atoms with Crippen LogP contribution in [-0.4, -0.2) is 18.6 Å². The highest BCUT2D eigenvalue weighted by molar-refractivity contribution is 5.08. The van der Waals surface area contributed by atoms with Crippen LogP contribution in [0.5, 0.6) is 0 Å². The minimum absolute atomic E-state index is 0.323. The van der Waals surface area contributed by atoms with Crippen molar-refractivity contribution >= 4 is 0 Å². The summed E-state index contributed by atoms with van der Waals surface area (Å²) in [7, 11) is 0. The third kappa shape index (κ3) is 6.34. The van der Waals surface area contributed by atoms with Gasteiger partial charge in [0.25, 0.3) is 0 Å². The summed E-state index contributed by atoms with van der Waals surface area (Å²) in [6.07, 6.45) is 0. The normalized spacial score (nSPS) is 13.0. The summed E-state index contributed by atoms with van der Waals surface area (Å²) < 4.78 is 0. The second-order valence-electron chi connectivity index (χ2n) is 4.88. The first-order valence-corrected chi connectivity index (χ1v) is 5.67. The van der Waals surface area contributed by atoms with Crippen molar-refractivity contribution in [3.05, 3.63) is 24.4 Å². The summed E-state index contributed by atoms with van der Waals surface area (Å²) in [5, 5.41) is 6.82. The van der Waals surface area contributed by atoms with Crippen molar-refractivity contribution in [2.45, 2.75) is 46.7 Å². The van der Waals surface area contributed by atoms with Gasteiger partial charge in [-0.25, -0.2) is 0 Å². The van der Waals surface area contributed by atoms with E-state index in [1.807, 2.05) is 6.92 Å². The van der Waals surface area contributed by atoms with E-state index in [0.29, 0.717) is 18.0 Å². The fourth-order valence-corrected chi connectivity index (χ4v) is 1.43. The van der Waals surface area contributed by atoms with Crippen molar-refractivity contribution in [3.8, 4) is 0 Å². The third-order valence-electron chi connectivity index (χ3n) is 2.17. The summed E-state index contributed by atoms with van der Waals surface area (Å²) >= 11 is 0. The highest BCUT2D eigenvalue weighted by Crippen LogP contribution is 2.09. The highest BCUT2D eigenvalue weighted by atomic mass is 15.0. The Bertz CT molecular complexity index is 217. The van der Waals surface area contributed by atoms with Crippen LogP contribution in [-0.2, 0) is 0 Å². The molecule has 0 fully saturated rings. The summed E-state index contributed by atoms with van der Waals surface area (Å²) in [5.74, 6) is 0.539. The average Bonchev–Trinajstić information content (AvgIpc) is 2.09. The molecule has 0 spiro atoms. The molecule has 15 heavy (non-hydrogen) atoms. The van der Waals surface area contributed by atoms with E-state index in [2.05, 4.69) is 51.5 Å². The van der Waals surface area contributed by atoms with Crippen LogP contribution in [0.4, 0.5) is 0 Å². The quantitative estimate of drug-likeness (QED) is 0.631. The van der Waals surface area contributed by atoms with Crippen LogP contribution < -0.4 is 10.6 Å². The second kappa shape index (κ2) is 6.67. The Morgan fingerprint density at radius 1 is 1.13 bits per heavy atom. The number of nitrogens with one attached hydrogen (secondary N) is 2. The summed E-state index contributed by atoms with van der Waals surface area (Å²) in [5.41, 5.74) is 2.19. The zero-order valence-electron chi connectivity index (χ0n) is 10.9. The summed E-state index contributed by atoms with van der Waals surface area (Å²) in [4.78, 5) is 0. The fraction of sp³-hybridized carbons (Fsp3) is 0.692. The van der Waals surface area contributed by atoms with E-state index in [-0.39, 0.29) is 0 Å². The predicted molar refractivity (Wildman–Crippen MR) is 68.9 cm³/mol. The Kier molecular flexibility index (Phi) is 6.34. The van der Waals surface area contributed by atoms with E-state index in [1.165, 1.54) is 0 Å². The van der Waals surface area contributed by atoms with E-state index < -0.39 is 0 Å². The average molecular weight is 210 g/mol. The minimum Gasteiger partial charge on any atom is -0.384 e. The molecule has 0 aromatic rings. The molecule has 2 nitrogen and oxygen atoms in total. The molecule has 0 aromatic carbocycles. The van der Waals surface area contributed by atoms with Gasteiger partial charge in [-0.05, 0) is 12.8 Å². The molecule has 2 heteroatoms. The lowest BCUT2D eigenvalue weighted by Crippen LogP contribution is -2.43. The zero-order chi connectivity index (χ0) is 12.0. The highest BCUT2D eigenvalue weighted by Gasteiger charge is 2.16. The number of hydrogen-bond donors (Lipinski definition) is 2. The van der Waals surface area contributed by atoms with Crippen LogP contribution in [0.15, 0.2) is 24.4 Å². The van der Waals surface area contributed by atoms with Gasteiger partial charge >= 0.3 is 0 Å². The molecule has 88 valence electrons. The van der Waals surface area contributed by atoms with Crippen molar-refractivity contribution in [1.29, 1.82) is 0 Å². The minimum atomic E-state index is 0.323. The van der Waals surface area contributed by atoms with Crippen LogP contribution in [0.1, 0.15) is 34.6 Å². The first kappa shape index (κ1) is 14.2. The monoisotopic (exact) mass is 210 g/mol. The van der Waals surface area contributed by atoms with Gasteiger partial charge in [0.05, 0.1) is 0 Å². The van der Waals surface area contributed by atoms with Crippen molar-refractivity contribution in [3.63, 3.8) is 0 Å². The number of hydrogen-bond acceptors (Lipinski definition) is 2. The molecule has 0 saturated heterocycles. The molecular formula is C13H26N2. The van der Waals surface area contributed by atoms with Gasteiger partial charge in [-0.15, -0.1) is 0 Å². The Balaban J connectivity index is 4.23. The lowest BCUT2D eigenvalue weighted by atomic mass is 10.0. The van der Waals surface area contributed by atoms with E-state index in [4.69, 9.17) is 0 Å². The molecule has 0 aliphatic rings. The summed E-state index contributed by atoms with van der Waals surface area (Å²) in [6.45, 7) is 19.5. The van der Waals surface area contributed by atoms with Crippen LogP contribution in [0.3, 0.4) is 0 Å². The van der Waals surface area contributed by atoms with Gasteiger partial charge < -0.3 is 10.6 Å². The Morgan fingerprint density at radius 3 is 2.00 bits per heavy atom. The zero-order valence-corrected chi connectivity index (χ0v) is 10.9. The standard InChI is InChI=1S/C13H26N2/c1-9(2)8-14-12(7)13(10(3)4)15-11(5)6/h10-11,13-15H,1,7-8H2,2-6H3. The SMILES string of the molecule is C=C(C)CNC(=C)C(NC(C)C)C(C)C. The number of rotatable bonds is 7. The lowest BCUT2D eigenvalue weighted by Gasteiger charge is -2.27. The molecular weight excluding hydrogens is 184 g/mol. The molecule has 0 heterocycles. The Morgan fingerprint density at radius 2 is 1.67 bits per heavy atom. The first-order valence-electron chi connectivity index (χ1n) is 5.67. The van der Waals surface area contributed by atoms with Crippen LogP contribution in [0.2, 0.25) is 0 Å². The third-order valence-corrected chi connectivity index (χ3v) is 2.17. The van der Waals surface area contributed by atoms with E-state index in [0.717, 1.165) is 17.8 Å². The maximum Gasteiger partial charge on any atom is 0.0488 e. The van der Waals surface area contributed by atoms with Gasteiger partial charge in [0.2, 0.25) is 0 Å². The molecule has 0 amide bonds. The largest absolute Gasteiger partial charge is 0.384 e. The maximum atomic E-state index is 4.09. The van der Waals surface area contributed by atoms with Crippen molar-refractivity contribution in [1.82, 2.24) is 10.6 Å². The maximum absolute atomic E-state index is 4.09. The van der Waals surface area contributed by atoms with Gasteiger partial charge in [-0.3, -0.25) is 0 Å². The van der Waals surface area contributed by atoms with Gasteiger partial charge in [0, 0.05) is 24.3 Å². The molecule has 0 bridgehead atoms. The molecule has 0 aromatic heterocycles. The smallest absolute Gasteiger partial charge is 0.0488 e. The van der Waals surface area contributed by atoms with Gasteiger partial charge in [0.1, 0.15) is 0 Å². The Hall–Kier alpha value is -0.760. The molecule has 1 atom stereocenters. The molecule has 2 N–H and O–H groups in total. The van der Waals surface area contributed by atoms with Gasteiger partial charge in [-0.2, -0.15) is 0 Å². The summed E-state index contributed by atoms with van der Waals surface area (Å²) in [6, 6.07) is 0.796. The van der Waals surface area contributed by atoms with Crippen molar-refractivity contribution < 1.29 is 0 Å². The Labute approximate surface area is 94.8 Å². The molecule has 0 saturated carbocycles. The van der Waals surface area contributed by atoms with E-state index in [9.17, 15) is 0 Å². The van der Waals surface area contributed by atoms with Gasteiger partial charge in [0.15, 0.2) is 0 Å². The first-order chi connectivity index (χ1) is 6.84.